The Morgan fingerprint density at radius 2 is 2.26 bits per heavy atom. The maximum atomic E-state index is 10.1. The van der Waals surface area contributed by atoms with Crippen LogP contribution in [-0.2, 0) is 11.3 Å². The quantitative estimate of drug-likeness (QED) is 0.847. The van der Waals surface area contributed by atoms with E-state index in [0.717, 1.165) is 43.9 Å². The molecule has 1 saturated heterocycles. The van der Waals surface area contributed by atoms with E-state index in [1.807, 2.05) is 0 Å². The van der Waals surface area contributed by atoms with Crippen LogP contribution in [0.25, 0.3) is 0 Å². The Bertz CT molecular complexity index is 382. The molecule has 0 aliphatic carbocycles. The van der Waals surface area contributed by atoms with Crippen molar-refractivity contribution in [3.63, 3.8) is 0 Å². The molecule has 0 saturated carbocycles. The number of hydrogen-bond acceptors (Lipinski definition) is 5. The highest BCUT2D eigenvalue weighted by atomic mass is 79.9. The summed E-state index contributed by atoms with van der Waals surface area (Å²) in [5.41, 5.74) is 0. The van der Waals surface area contributed by atoms with E-state index in [0.29, 0.717) is 6.54 Å². The van der Waals surface area contributed by atoms with E-state index in [2.05, 4.69) is 44.2 Å². The molecule has 0 bridgehead atoms. The third kappa shape index (κ3) is 5.13. The number of thiophene rings is 1. The zero-order valence-electron chi connectivity index (χ0n) is 11.2. The van der Waals surface area contributed by atoms with Crippen molar-refractivity contribution in [1.82, 2.24) is 9.80 Å². The molecule has 1 unspecified atom stereocenters. The van der Waals surface area contributed by atoms with Gasteiger partial charge in [-0.05, 0) is 34.4 Å². The van der Waals surface area contributed by atoms with Crippen LogP contribution in [0.2, 0.25) is 0 Å². The number of aliphatic hydroxyl groups excluding tert-OH is 1. The first-order valence-corrected chi connectivity index (χ1v) is 8.21. The van der Waals surface area contributed by atoms with E-state index in [4.69, 9.17) is 4.74 Å². The van der Waals surface area contributed by atoms with Crippen molar-refractivity contribution in [1.29, 1.82) is 0 Å². The Labute approximate surface area is 127 Å². The second-order valence-corrected chi connectivity index (χ2v) is 6.81. The van der Waals surface area contributed by atoms with Crippen LogP contribution in [0.4, 0.5) is 0 Å². The van der Waals surface area contributed by atoms with E-state index in [1.165, 1.54) is 4.88 Å². The molecule has 4 nitrogen and oxygen atoms in total. The van der Waals surface area contributed by atoms with Gasteiger partial charge in [-0.1, -0.05) is 0 Å². The summed E-state index contributed by atoms with van der Waals surface area (Å²) in [6, 6.07) is 2.07. The SMILES string of the molecule is CN(Cc1sccc1Br)CC(O)CN1CCOCC1. The van der Waals surface area contributed by atoms with Gasteiger partial charge in [0.05, 0.1) is 19.3 Å². The number of likely N-dealkylation sites (N-methyl/N-ethyl adjacent to an activating group) is 1. The average molecular weight is 349 g/mol. The van der Waals surface area contributed by atoms with Gasteiger partial charge in [0.2, 0.25) is 0 Å². The van der Waals surface area contributed by atoms with Gasteiger partial charge in [0.25, 0.3) is 0 Å². The highest BCUT2D eigenvalue weighted by Crippen LogP contribution is 2.23. The largest absolute Gasteiger partial charge is 0.390 e. The molecule has 0 radical (unpaired) electrons. The first kappa shape index (κ1) is 15.4. The molecule has 1 aliphatic heterocycles. The fraction of sp³-hybridized carbons (Fsp3) is 0.692. The van der Waals surface area contributed by atoms with Crippen molar-refractivity contribution in [2.75, 3.05) is 46.4 Å². The van der Waals surface area contributed by atoms with Crippen molar-refractivity contribution in [2.24, 2.45) is 0 Å². The van der Waals surface area contributed by atoms with Gasteiger partial charge in [-0.2, -0.15) is 0 Å². The highest BCUT2D eigenvalue weighted by Gasteiger charge is 2.16. The zero-order valence-corrected chi connectivity index (χ0v) is 13.6. The first-order chi connectivity index (χ1) is 9.15. The molecule has 2 heterocycles. The van der Waals surface area contributed by atoms with E-state index < -0.39 is 0 Å². The molecule has 0 spiro atoms. The number of rotatable bonds is 6. The molecule has 19 heavy (non-hydrogen) atoms. The topological polar surface area (TPSA) is 35.9 Å². The molecule has 1 aromatic heterocycles. The van der Waals surface area contributed by atoms with Crippen LogP contribution >= 0.6 is 27.3 Å². The number of morpholine rings is 1. The number of nitrogens with zero attached hydrogens (tertiary/aromatic N) is 2. The molecule has 0 aromatic carbocycles. The number of β-amino-alcohol motifs (C(OH)–C–C–N with tert-alkyl or cyclic N) is 1. The molecule has 1 N–H and O–H groups in total. The van der Waals surface area contributed by atoms with Crippen molar-refractivity contribution in [3.05, 3.63) is 20.8 Å². The van der Waals surface area contributed by atoms with Gasteiger partial charge in [-0.15, -0.1) is 11.3 Å². The average Bonchev–Trinajstić information content (AvgIpc) is 2.76. The molecule has 1 atom stereocenters. The summed E-state index contributed by atoms with van der Waals surface area (Å²) < 4.78 is 6.47. The number of ether oxygens (including phenoxy) is 1. The summed E-state index contributed by atoms with van der Waals surface area (Å²) in [5.74, 6) is 0. The van der Waals surface area contributed by atoms with Crippen molar-refractivity contribution in [3.8, 4) is 0 Å². The maximum Gasteiger partial charge on any atom is 0.0793 e. The molecule has 0 amide bonds. The Morgan fingerprint density at radius 3 is 2.89 bits per heavy atom. The third-order valence-corrected chi connectivity index (χ3v) is 5.11. The van der Waals surface area contributed by atoms with Crippen LogP contribution in [0, 0.1) is 0 Å². The number of hydrogen-bond donors (Lipinski definition) is 1. The predicted molar refractivity (Wildman–Crippen MR) is 81.6 cm³/mol. The molecular weight excluding hydrogens is 328 g/mol. The number of halogens is 1. The lowest BCUT2D eigenvalue weighted by Gasteiger charge is -2.30. The van der Waals surface area contributed by atoms with Gasteiger partial charge >= 0.3 is 0 Å². The zero-order chi connectivity index (χ0) is 13.7. The third-order valence-electron chi connectivity index (χ3n) is 3.20. The lowest BCUT2D eigenvalue weighted by molar-refractivity contribution is 0.00830. The molecule has 1 aliphatic rings. The van der Waals surface area contributed by atoms with Crippen LogP contribution in [0.5, 0.6) is 0 Å². The summed E-state index contributed by atoms with van der Waals surface area (Å²) in [5, 5.41) is 12.2. The highest BCUT2D eigenvalue weighted by molar-refractivity contribution is 9.10. The lowest BCUT2D eigenvalue weighted by atomic mass is 10.2. The normalized spacial score (nSPS) is 18.9. The number of aliphatic hydroxyl groups is 1. The van der Waals surface area contributed by atoms with Gasteiger partial charge in [0, 0.05) is 42.1 Å². The monoisotopic (exact) mass is 348 g/mol. The maximum absolute atomic E-state index is 10.1. The van der Waals surface area contributed by atoms with Crippen LogP contribution < -0.4 is 0 Å². The Hall–Kier alpha value is 0.0200. The summed E-state index contributed by atoms with van der Waals surface area (Å²) in [4.78, 5) is 5.74. The van der Waals surface area contributed by atoms with Crippen molar-refractivity contribution < 1.29 is 9.84 Å². The Kier molecular flexibility index (Phi) is 6.25. The van der Waals surface area contributed by atoms with Gasteiger partial charge in [0.15, 0.2) is 0 Å². The minimum Gasteiger partial charge on any atom is -0.390 e. The minimum atomic E-state index is -0.304. The molecular formula is C13H21BrN2O2S. The van der Waals surface area contributed by atoms with Crippen LogP contribution in [0.15, 0.2) is 15.9 Å². The van der Waals surface area contributed by atoms with Crippen molar-refractivity contribution in [2.45, 2.75) is 12.6 Å². The first-order valence-electron chi connectivity index (χ1n) is 6.53. The molecule has 2 rings (SSSR count). The fourth-order valence-corrected chi connectivity index (χ4v) is 3.80. The molecule has 1 aromatic rings. The smallest absolute Gasteiger partial charge is 0.0793 e. The molecule has 6 heteroatoms. The van der Waals surface area contributed by atoms with E-state index in [9.17, 15) is 5.11 Å². The van der Waals surface area contributed by atoms with E-state index in [1.54, 1.807) is 11.3 Å². The van der Waals surface area contributed by atoms with Gasteiger partial charge in [0.1, 0.15) is 0 Å². The Morgan fingerprint density at radius 1 is 1.53 bits per heavy atom. The van der Waals surface area contributed by atoms with Gasteiger partial charge < -0.3 is 9.84 Å². The van der Waals surface area contributed by atoms with E-state index in [-0.39, 0.29) is 6.10 Å². The molecule has 108 valence electrons. The van der Waals surface area contributed by atoms with Gasteiger partial charge in [-0.25, -0.2) is 0 Å². The van der Waals surface area contributed by atoms with Crippen LogP contribution in [-0.4, -0.2) is 67.5 Å². The second-order valence-electron chi connectivity index (χ2n) is 4.96. The van der Waals surface area contributed by atoms with Crippen LogP contribution in [0.1, 0.15) is 4.88 Å². The summed E-state index contributed by atoms with van der Waals surface area (Å²) in [6.07, 6.45) is -0.304. The Balaban J connectivity index is 1.72. The minimum absolute atomic E-state index is 0.304. The summed E-state index contributed by atoms with van der Waals surface area (Å²) in [6.45, 7) is 5.73. The van der Waals surface area contributed by atoms with E-state index >= 15 is 0 Å². The lowest BCUT2D eigenvalue weighted by Crippen LogP contribution is -2.43. The standard InChI is InChI=1S/C13H21BrN2O2S/c1-15(10-13-12(14)2-7-19-13)8-11(17)9-16-3-5-18-6-4-16/h2,7,11,17H,3-6,8-10H2,1H3. The van der Waals surface area contributed by atoms with Crippen LogP contribution in [0.3, 0.4) is 0 Å². The summed E-state index contributed by atoms with van der Waals surface area (Å²) >= 11 is 5.28. The molecule has 1 fully saturated rings. The summed E-state index contributed by atoms with van der Waals surface area (Å²) in [7, 11) is 2.05. The fourth-order valence-electron chi connectivity index (χ4n) is 2.25. The predicted octanol–water partition coefficient (Wildman–Crippen LogP) is 1.64. The van der Waals surface area contributed by atoms with Gasteiger partial charge in [-0.3, -0.25) is 9.80 Å². The van der Waals surface area contributed by atoms with Crippen molar-refractivity contribution >= 4 is 27.3 Å². The second kappa shape index (κ2) is 7.71.